The zero-order chi connectivity index (χ0) is 24.3. The Labute approximate surface area is 201 Å². The number of anilines is 3. The zero-order valence-electron chi connectivity index (χ0n) is 18.3. The number of benzene rings is 3. The van der Waals surface area contributed by atoms with E-state index in [0.29, 0.717) is 28.4 Å². The number of methoxy groups -OCH3 is 1. The van der Waals surface area contributed by atoms with E-state index in [1.807, 2.05) is 19.1 Å². The molecule has 0 atom stereocenters. The summed E-state index contributed by atoms with van der Waals surface area (Å²) in [4.78, 5) is 11.7. The van der Waals surface area contributed by atoms with Gasteiger partial charge in [-0.2, -0.15) is 0 Å². The van der Waals surface area contributed by atoms with Crippen molar-refractivity contribution in [2.24, 2.45) is 0 Å². The Kier molecular flexibility index (Phi) is 6.53. The van der Waals surface area contributed by atoms with Gasteiger partial charge in [0, 0.05) is 28.9 Å². The van der Waals surface area contributed by atoms with E-state index in [1.165, 1.54) is 25.3 Å². The highest BCUT2D eigenvalue weighted by Crippen LogP contribution is 2.26. The van der Waals surface area contributed by atoms with Crippen molar-refractivity contribution in [3.63, 3.8) is 0 Å². The molecular weight excluding hydrogens is 474 g/mol. The molecule has 0 fully saturated rings. The Morgan fingerprint density at radius 3 is 2.35 bits per heavy atom. The molecule has 34 heavy (non-hydrogen) atoms. The van der Waals surface area contributed by atoms with E-state index < -0.39 is 15.6 Å². The maximum absolute atomic E-state index is 12.7. The van der Waals surface area contributed by atoms with E-state index in [-0.39, 0.29) is 10.0 Å². The Hall–Kier alpha value is -3.89. The molecule has 1 heterocycles. The van der Waals surface area contributed by atoms with Gasteiger partial charge < -0.3 is 19.8 Å². The molecule has 10 heteroatoms. The molecular formula is C24H21N3O5S2. The van der Waals surface area contributed by atoms with E-state index in [0.717, 1.165) is 10.9 Å². The fourth-order valence-corrected chi connectivity index (χ4v) is 4.65. The fourth-order valence-electron chi connectivity index (χ4n) is 3.35. The maximum atomic E-state index is 12.7. The lowest BCUT2D eigenvalue weighted by atomic mass is 10.1. The van der Waals surface area contributed by atoms with Gasteiger partial charge in [0.15, 0.2) is 5.11 Å². The molecule has 4 aromatic rings. The van der Waals surface area contributed by atoms with Crippen LogP contribution in [0.4, 0.5) is 17.1 Å². The maximum Gasteiger partial charge on any atom is 0.336 e. The summed E-state index contributed by atoms with van der Waals surface area (Å²) in [5, 5.41) is 7.15. The summed E-state index contributed by atoms with van der Waals surface area (Å²) in [6.45, 7) is 1.84. The fraction of sp³-hybridized carbons (Fsp3) is 0.0833. The van der Waals surface area contributed by atoms with E-state index >= 15 is 0 Å². The van der Waals surface area contributed by atoms with Crippen molar-refractivity contribution in [1.29, 1.82) is 0 Å². The van der Waals surface area contributed by atoms with Gasteiger partial charge in [0.25, 0.3) is 10.0 Å². The minimum Gasteiger partial charge on any atom is -0.495 e. The second-order valence-corrected chi connectivity index (χ2v) is 9.46. The van der Waals surface area contributed by atoms with Gasteiger partial charge in [-0.1, -0.05) is 12.1 Å². The highest BCUT2D eigenvalue weighted by Gasteiger charge is 2.16. The van der Waals surface area contributed by atoms with Crippen molar-refractivity contribution in [3.8, 4) is 5.75 Å². The summed E-state index contributed by atoms with van der Waals surface area (Å²) in [5.74, 6) is 0.420. The number of nitrogens with one attached hydrogen (secondary N) is 3. The van der Waals surface area contributed by atoms with Crippen LogP contribution in [-0.4, -0.2) is 20.6 Å². The van der Waals surface area contributed by atoms with Gasteiger partial charge in [-0.05, 0) is 73.2 Å². The second-order valence-electron chi connectivity index (χ2n) is 7.37. The van der Waals surface area contributed by atoms with Crippen LogP contribution in [0.5, 0.6) is 5.75 Å². The standard InChI is InChI=1S/C24H21N3O5S2/c1-15-13-23(28)32-22-14-17(9-12-19(15)22)26-24(33)25-16-7-10-18(11-8-16)34(29,30)27-20-5-3-4-6-21(20)31-2/h3-14,27H,1-2H3,(H2,25,26,33). The third-order valence-corrected chi connectivity index (χ3v) is 6.57. The van der Waals surface area contributed by atoms with Gasteiger partial charge in [0.05, 0.1) is 17.7 Å². The Morgan fingerprint density at radius 1 is 0.941 bits per heavy atom. The SMILES string of the molecule is COc1ccccc1NS(=O)(=O)c1ccc(NC(=S)Nc2ccc3c(C)cc(=O)oc3c2)cc1. The Bertz CT molecular complexity index is 1530. The lowest BCUT2D eigenvalue weighted by Crippen LogP contribution is -2.19. The first-order chi connectivity index (χ1) is 16.2. The van der Waals surface area contributed by atoms with Crippen molar-refractivity contribution < 1.29 is 17.6 Å². The number of hydrogen-bond acceptors (Lipinski definition) is 6. The molecule has 0 aliphatic rings. The molecule has 0 saturated carbocycles. The highest BCUT2D eigenvalue weighted by atomic mass is 32.2. The van der Waals surface area contributed by atoms with Crippen LogP contribution >= 0.6 is 12.2 Å². The molecule has 0 amide bonds. The van der Waals surface area contributed by atoms with E-state index in [2.05, 4.69) is 15.4 Å². The molecule has 3 aromatic carbocycles. The van der Waals surface area contributed by atoms with Crippen LogP contribution in [0.15, 0.2) is 86.9 Å². The average molecular weight is 496 g/mol. The van der Waals surface area contributed by atoms with Crippen LogP contribution in [0.2, 0.25) is 0 Å². The molecule has 0 radical (unpaired) electrons. The number of sulfonamides is 1. The minimum absolute atomic E-state index is 0.0859. The first-order valence-corrected chi connectivity index (χ1v) is 12.0. The summed E-state index contributed by atoms with van der Waals surface area (Å²) in [7, 11) is -2.34. The molecule has 0 saturated heterocycles. The number of fused-ring (bicyclic) bond motifs is 1. The molecule has 3 N–H and O–H groups in total. The second kappa shape index (κ2) is 9.54. The largest absolute Gasteiger partial charge is 0.495 e. The topological polar surface area (TPSA) is 110 Å². The number of thiocarbonyl (C=S) groups is 1. The molecule has 0 spiro atoms. The Morgan fingerprint density at radius 2 is 1.62 bits per heavy atom. The van der Waals surface area contributed by atoms with Crippen LogP contribution in [-0.2, 0) is 10.0 Å². The average Bonchev–Trinajstić information content (AvgIpc) is 2.79. The molecule has 8 nitrogen and oxygen atoms in total. The van der Waals surface area contributed by atoms with Crippen LogP contribution in [0.25, 0.3) is 11.0 Å². The summed E-state index contributed by atoms with van der Waals surface area (Å²) in [6, 6.07) is 19.7. The van der Waals surface area contributed by atoms with Crippen LogP contribution in [0.1, 0.15) is 5.56 Å². The smallest absolute Gasteiger partial charge is 0.336 e. The lowest BCUT2D eigenvalue weighted by molar-refractivity contribution is 0.417. The number of para-hydroxylation sites is 2. The van der Waals surface area contributed by atoms with Gasteiger partial charge in [0.1, 0.15) is 11.3 Å². The summed E-state index contributed by atoms with van der Waals surface area (Å²) < 4.78 is 38.5. The van der Waals surface area contributed by atoms with E-state index in [4.69, 9.17) is 21.4 Å². The van der Waals surface area contributed by atoms with Crippen molar-refractivity contribution in [3.05, 3.63) is 88.8 Å². The quantitative estimate of drug-likeness (QED) is 0.260. The normalized spacial score (nSPS) is 11.1. The molecule has 4 rings (SSSR count). The van der Waals surface area contributed by atoms with Gasteiger partial charge in [-0.25, -0.2) is 13.2 Å². The van der Waals surface area contributed by atoms with Crippen molar-refractivity contribution in [1.82, 2.24) is 0 Å². The number of hydrogen-bond donors (Lipinski definition) is 3. The Balaban J connectivity index is 1.44. The number of aryl methyl sites for hydroxylation is 1. The monoisotopic (exact) mass is 495 g/mol. The third kappa shape index (κ3) is 5.19. The lowest BCUT2D eigenvalue weighted by Gasteiger charge is -2.13. The van der Waals surface area contributed by atoms with Crippen LogP contribution < -0.4 is 25.7 Å². The first kappa shape index (κ1) is 23.3. The predicted molar refractivity (Wildman–Crippen MR) is 137 cm³/mol. The summed E-state index contributed by atoms with van der Waals surface area (Å²) in [5.41, 5.74) is 2.44. The minimum atomic E-state index is -3.81. The molecule has 0 aliphatic carbocycles. The van der Waals surface area contributed by atoms with Crippen LogP contribution in [0, 0.1) is 6.92 Å². The number of ether oxygens (including phenoxy) is 1. The summed E-state index contributed by atoms with van der Waals surface area (Å²) in [6.07, 6.45) is 0. The molecule has 1 aromatic heterocycles. The van der Waals surface area contributed by atoms with Crippen LogP contribution in [0.3, 0.4) is 0 Å². The molecule has 0 unspecified atom stereocenters. The zero-order valence-corrected chi connectivity index (χ0v) is 19.9. The molecule has 0 bridgehead atoms. The molecule has 174 valence electrons. The van der Waals surface area contributed by atoms with Crippen molar-refractivity contribution >= 4 is 55.4 Å². The van der Waals surface area contributed by atoms with Crippen molar-refractivity contribution in [2.45, 2.75) is 11.8 Å². The highest BCUT2D eigenvalue weighted by molar-refractivity contribution is 7.92. The van der Waals surface area contributed by atoms with E-state index in [1.54, 1.807) is 42.5 Å². The number of rotatable bonds is 6. The predicted octanol–water partition coefficient (Wildman–Crippen LogP) is 4.72. The third-order valence-electron chi connectivity index (χ3n) is 4.98. The summed E-state index contributed by atoms with van der Waals surface area (Å²) >= 11 is 5.35. The van der Waals surface area contributed by atoms with Gasteiger partial charge in [-0.15, -0.1) is 0 Å². The van der Waals surface area contributed by atoms with Gasteiger partial charge >= 0.3 is 5.63 Å². The first-order valence-electron chi connectivity index (χ1n) is 10.1. The van der Waals surface area contributed by atoms with E-state index in [9.17, 15) is 13.2 Å². The van der Waals surface area contributed by atoms with Gasteiger partial charge in [-0.3, -0.25) is 4.72 Å². The van der Waals surface area contributed by atoms with Crippen molar-refractivity contribution in [2.75, 3.05) is 22.5 Å². The molecule has 0 aliphatic heterocycles. The van der Waals surface area contributed by atoms with Gasteiger partial charge in [0.2, 0.25) is 0 Å².